The molecular weight excluding hydrogens is 1340 g/mol. The molecule has 1 aromatic rings. The number of morpholine rings is 1. The number of nitrogens with one attached hydrogen (secondary N) is 4. The molecule has 1 saturated carbocycles. The first-order chi connectivity index (χ1) is 47.9. The molecule has 0 spiro atoms. The highest BCUT2D eigenvalue weighted by Gasteiger charge is 2.49. The molecule has 13 atom stereocenters. The van der Waals surface area contributed by atoms with Gasteiger partial charge in [0, 0.05) is 67.9 Å². The zero-order valence-corrected chi connectivity index (χ0v) is 61.4. The number of hydrogen-bond acceptors (Lipinski definition) is 15. The number of aryl methyl sites for hydroxylation is 1. The van der Waals surface area contributed by atoms with Crippen molar-refractivity contribution in [3.8, 4) is 0 Å². The summed E-state index contributed by atoms with van der Waals surface area (Å²) in [5, 5.41) is 22.7. The van der Waals surface area contributed by atoms with Gasteiger partial charge in [0.1, 0.15) is 54.6 Å². The number of nitrogens with zero attached hydrogens (tertiary/aromatic N) is 8. The van der Waals surface area contributed by atoms with E-state index in [0.717, 1.165) is 36.3 Å². The molecule has 1 aliphatic carbocycles. The van der Waals surface area contributed by atoms with Crippen LogP contribution in [0.1, 0.15) is 174 Å². The lowest BCUT2D eigenvalue weighted by Gasteiger charge is -2.44. The van der Waals surface area contributed by atoms with E-state index in [4.69, 9.17) is 21.1 Å². The van der Waals surface area contributed by atoms with Crippen LogP contribution in [0.3, 0.4) is 0 Å². The molecule has 6 aliphatic rings. The predicted molar refractivity (Wildman–Crippen MR) is 369 cm³/mol. The van der Waals surface area contributed by atoms with Gasteiger partial charge < -0.3 is 69.7 Å². The number of halogens is 4. The van der Waals surface area contributed by atoms with Crippen LogP contribution in [0, 0.1) is 11.8 Å². The molecule has 7 rings (SSSR count). The summed E-state index contributed by atoms with van der Waals surface area (Å²) in [5.74, 6) is -7.14. The van der Waals surface area contributed by atoms with Gasteiger partial charge in [-0.15, -0.1) is 0 Å². The number of unbranched alkanes of at least 4 members (excludes halogenated alkanes) is 2. The highest BCUT2D eigenvalue weighted by Crippen LogP contribution is 2.37. The van der Waals surface area contributed by atoms with E-state index in [2.05, 4.69) is 21.3 Å². The van der Waals surface area contributed by atoms with Crippen molar-refractivity contribution >= 4 is 76.6 Å². The number of hydrogen-bond donors (Lipinski definition) is 5. The molecule has 4 unspecified atom stereocenters. The van der Waals surface area contributed by atoms with Gasteiger partial charge in [-0.2, -0.15) is 13.2 Å². The molecule has 5 heterocycles. The van der Waals surface area contributed by atoms with Crippen molar-refractivity contribution in [2.24, 2.45) is 11.8 Å². The third-order valence-corrected chi connectivity index (χ3v) is 21.8. The minimum Gasteiger partial charge on any atom is -0.379 e. The molecule has 0 radical (unpaired) electrons. The average molecular weight is 1450 g/mol. The molecule has 1 aromatic carbocycles. The summed E-state index contributed by atoms with van der Waals surface area (Å²) in [7, 11) is 7.27. The number of alkyl halides is 3. The summed E-state index contributed by atoms with van der Waals surface area (Å²) in [6.07, 6.45) is 1.71. The first-order valence-corrected chi connectivity index (χ1v) is 36.9. The van der Waals surface area contributed by atoms with Crippen LogP contribution in [0.5, 0.6) is 0 Å². The van der Waals surface area contributed by atoms with Crippen molar-refractivity contribution in [1.82, 2.24) is 60.5 Å². The zero-order valence-electron chi connectivity index (χ0n) is 60.7. The topological polar surface area (TPSA) is 301 Å². The molecule has 2 bridgehead atoms. The van der Waals surface area contributed by atoms with Crippen LogP contribution in [0.4, 0.5) is 13.2 Å². The SMILES string of the molecule is CCCCCC1C(=O)N[C@@H]([C@@H](C)CC)C(=O)N[C@@H](C)C(=O)N2CC[C@H]2C(=O)N(C)[C@@H](COCCC)C(=O)N(C)CC(O)N[C@@H](CCc2ccc(C(F)(F)F)c(Cl)c2)C(=O)N2CCC[C@H]2C(=O)NCCCCC(=O)N(C)[C@@H](C2CCCC2)C(=O)N(C)[C@H](C(=O)N2C3CCC2COC3)CC(=O)N1C. The number of benzene rings is 1. The van der Waals surface area contributed by atoms with E-state index >= 15 is 14.4 Å². The normalized spacial score (nSPS) is 29.2. The number of likely N-dealkylation sites (N-methyl/N-ethyl adjacent to an activating group) is 5. The maximum atomic E-state index is 15.4. The van der Waals surface area contributed by atoms with Crippen LogP contribution in [0.15, 0.2) is 18.2 Å². The maximum absolute atomic E-state index is 15.4. The third-order valence-electron chi connectivity index (χ3n) is 21.5. The number of ether oxygens (including phenoxy) is 2. The highest BCUT2D eigenvalue weighted by molar-refractivity contribution is 6.31. The second-order valence-corrected chi connectivity index (χ2v) is 29.0. The number of rotatable bonds is 15. The monoisotopic (exact) mass is 1450 g/mol. The van der Waals surface area contributed by atoms with Gasteiger partial charge >= 0.3 is 6.18 Å². The Balaban J connectivity index is 1.20. The fourth-order valence-corrected chi connectivity index (χ4v) is 15.3. The Kier molecular flexibility index (Phi) is 30.4. The van der Waals surface area contributed by atoms with Crippen molar-refractivity contribution < 1.29 is 80.5 Å². The van der Waals surface area contributed by atoms with Gasteiger partial charge in [0.25, 0.3) is 0 Å². The van der Waals surface area contributed by atoms with Gasteiger partial charge in [0.05, 0.1) is 61.5 Å². The van der Waals surface area contributed by atoms with Gasteiger partial charge in [-0.25, -0.2) is 0 Å². The minimum atomic E-state index is -4.73. The smallest absolute Gasteiger partial charge is 0.379 e. The summed E-state index contributed by atoms with van der Waals surface area (Å²) in [5.41, 5.74) is -0.713. The number of carbonyl (C=O) groups excluding carboxylic acids is 11. The van der Waals surface area contributed by atoms with E-state index in [1.165, 1.54) is 70.6 Å². The van der Waals surface area contributed by atoms with Crippen molar-refractivity contribution in [1.29, 1.82) is 0 Å². The number of β-amino-alcohol motifs (C(OH)–C–C–N with tert-alkyl or cyclic N) is 1. The minimum absolute atomic E-state index is 0.0195. The second-order valence-electron chi connectivity index (χ2n) is 28.6. The molecular formula is C71H110ClF3N12O14. The molecule has 5 saturated heterocycles. The van der Waals surface area contributed by atoms with E-state index in [9.17, 15) is 56.6 Å². The van der Waals surface area contributed by atoms with Crippen molar-refractivity contribution in [2.45, 2.75) is 248 Å². The van der Waals surface area contributed by atoms with Crippen molar-refractivity contribution in [2.75, 3.05) is 87.8 Å². The number of fused-ring (bicyclic) bond motifs is 4. The predicted octanol–water partition coefficient (Wildman–Crippen LogP) is 4.24. The van der Waals surface area contributed by atoms with E-state index in [-0.39, 0.29) is 115 Å². The summed E-state index contributed by atoms with van der Waals surface area (Å²) in [6, 6.07) is -8.02. The quantitative estimate of drug-likeness (QED) is 0.154. The van der Waals surface area contributed by atoms with E-state index < -0.39 is 155 Å². The van der Waals surface area contributed by atoms with Crippen LogP contribution in [0.25, 0.3) is 0 Å². The van der Waals surface area contributed by atoms with Gasteiger partial charge in [-0.3, -0.25) is 58.1 Å². The Labute approximate surface area is 597 Å². The lowest BCUT2D eigenvalue weighted by atomic mass is 9.94. The lowest BCUT2D eigenvalue weighted by molar-refractivity contribution is -0.158. The van der Waals surface area contributed by atoms with Crippen molar-refractivity contribution in [3.05, 3.63) is 34.3 Å². The van der Waals surface area contributed by atoms with Crippen molar-refractivity contribution in [3.63, 3.8) is 0 Å². The Morgan fingerprint density at radius 3 is 2.01 bits per heavy atom. The number of carbonyl (C=O) groups is 11. The van der Waals surface area contributed by atoms with E-state index in [0.29, 0.717) is 69.8 Å². The molecule has 30 heteroatoms. The molecule has 0 aromatic heterocycles. The number of aliphatic hydroxyl groups is 1. The van der Waals surface area contributed by atoms with Crippen LogP contribution < -0.4 is 21.3 Å². The lowest BCUT2D eigenvalue weighted by Crippen LogP contribution is -2.65. The summed E-state index contributed by atoms with van der Waals surface area (Å²) in [4.78, 5) is 173. The van der Waals surface area contributed by atoms with Gasteiger partial charge in [-0.1, -0.05) is 83.9 Å². The Hall–Kier alpha value is -6.69. The van der Waals surface area contributed by atoms with Gasteiger partial charge in [-0.05, 0) is 120 Å². The fourth-order valence-electron chi connectivity index (χ4n) is 15.0. The van der Waals surface area contributed by atoms with E-state index in [1.807, 2.05) is 20.8 Å². The molecule has 5 aliphatic heterocycles. The van der Waals surface area contributed by atoms with Crippen LogP contribution >= 0.6 is 11.6 Å². The third kappa shape index (κ3) is 20.6. The van der Waals surface area contributed by atoms with Crippen LogP contribution in [-0.2, 0) is 74.8 Å². The van der Waals surface area contributed by atoms with E-state index in [1.54, 1.807) is 18.9 Å². The maximum Gasteiger partial charge on any atom is 0.417 e. The Morgan fingerprint density at radius 2 is 1.39 bits per heavy atom. The van der Waals surface area contributed by atoms with Crippen LogP contribution in [-0.4, -0.2) is 270 Å². The largest absolute Gasteiger partial charge is 0.417 e. The Morgan fingerprint density at radius 1 is 0.703 bits per heavy atom. The Bertz CT molecular complexity index is 3060. The summed E-state index contributed by atoms with van der Waals surface area (Å²) >= 11 is 6.11. The molecule has 6 fully saturated rings. The summed E-state index contributed by atoms with van der Waals surface area (Å²) < 4.78 is 53.0. The first-order valence-electron chi connectivity index (χ1n) is 36.5. The zero-order chi connectivity index (χ0) is 74.2. The molecule has 5 N–H and O–H groups in total. The van der Waals surface area contributed by atoms with Gasteiger partial charge in [0.2, 0.25) is 65.0 Å². The molecule has 101 heavy (non-hydrogen) atoms. The molecule has 11 amide bonds. The molecule has 26 nitrogen and oxygen atoms in total. The van der Waals surface area contributed by atoms with Gasteiger partial charge in [0.15, 0.2) is 0 Å². The molecule has 566 valence electrons. The van der Waals surface area contributed by atoms with Crippen LogP contribution in [0.2, 0.25) is 5.02 Å². The average Bonchev–Trinajstić information content (AvgIpc) is 1.78. The first kappa shape index (κ1) is 81.6. The fraction of sp³-hybridized carbons (Fsp3) is 0.761. The summed E-state index contributed by atoms with van der Waals surface area (Å²) in [6.45, 7) is 9.24. The second kappa shape index (κ2) is 37.7. The number of aliphatic hydroxyl groups excluding tert-OH is 1. The standard InChI is InChI=1S/C71H110ClF3N12O14/c1-11-14-15-23-52-63(92)79-60(43(4)13-3)64(93)77-44(5)65(94)86-35-32-54(86)68(97)83(9)56(42-100-36-12-2)67(96)80(6)39-57(88)78-51(31-27-45-26-30-49(50(72)37-45)71(73,74)75)66(95)85-34-20-24-53(85)62(91)76-33-19-18-25-58(89)84(10)61(46-21-16-17-22-46)70(99)82(8)55(38-59(90)81(52)7)69(98)87-47-28-29-48(87)41-101-40-47/h26,30,37,43-44,46-48,51-57,60-61,78,88H,11-25,27-29,31-36,38-42H2,1-10H3,(H,76,91)(H,77,93)(H,79,92)/t43-,44-,47?,48?,51-,52?,53-,54-,55-,56-,57?,60-,61-/m0/s1. The highest BCUT2D eigenvalue weighted by atomic mass is 35.5. The number of amides is 11.